The highest BCUT2D eigenvalue weighted by Crippen LogP contribution is 2.44. The maximum absolute atomic E-state index is 14.1. The summed E-state index contributed by atoms with van der Waals surface area (Å²) in [4.78, 5) is 51.5. The molecule has 1 fully saturated rings. The highest BCUT2D eigenvalue weighted by molar-refractivity contribution is 5.97. The standard InChI is InChI=1S/C38H43F2N3O7/c1-37(2,3)50-36(47)42-31(34(45)48-4)21-23-13-15-25(16-14-23)41-33(44)32(24-17-19-38(39,40)20-18-24)43-35(46)49-22-30-28-11-7-5-9-26(28)27-10-6-8-12-29(27)30/h5-16,24,30-32H,17-22H2,1-4H3,(H,41,44)(H,42,47)(H,43,46)/t31-,32+/m1/s1. The van der Waals surface area contributed by atoms with Gasteiger partial charge in [0.2, 0.25) is 11.8 Å². The van der Waals surface area contributed by atoms with E-state index < -0.39 is 53.6 Å². The normalized spacial score (nSPS) is 16.6. The van der Waals surface area contributed by atoms with Crippen LogP contribution >= 0.6 is 0 Å². The van der Waals surface area contributed by atoms with Gasteiger partial charge in [-0.1, -0.05) is 60.7 Å². The second kappa shape index (κ2) is 15.3. The second-order valence-electron chi connectivity index (χ2n) is 13.8. The van der Waals surface area contributed by atoms with Crippen LogP contribution in [0.25, 0.3) is 11.1 Å². The molecule has 266 valence electrons. The van der Waals surface area contributed by atoms with E-state index in [2.05, 4.69) is 16.0 Å². The number of carbonyl (C=O) groups excluding carboxylic acids is 4. The van der Waals surface area contributed by atoms with E-state index in [9.17, 15) is 28.0 Å². The van der Waals surface area contributed by atoms with Crippen molar-refractivity contribution in [3.05, 3.63) is 89.5 Å². The number of carbonyl (C=O) groups is 4. The Bertz CT molecular complexity index is 1650. The number of alkyl carbamates (subject to hydrolysis) is 2. The number of benzene rings is 3. The van der Waals surface area contributed by atoms with Gasteiger partial charge < -0.3 is 30.2 Å². The third-order valence-corrected chi connectivity index (χ3v) is 8.97. The predicted molar refractivity (Wildman–Crippen MR) is 183 cm³/mol. The van der Waals surface area contributed by atoms with Crippen molar-refractivity contribution in [2.45, 2.75) is 82.4 Å². The van der Waals surface area contributed by atoms with Crippen LogP contribution in [0.15, 0.2) is 72.8 Å². The summed E-state index contributed by atoms with van der Waals surface area (Å²) >= 11 is 0. The first-order valence-electron chi connectivity index (χ1n) is 16.7. The predicted octanol–water partition coefficient (Wildman–Crippen LogP) is 6.97. The SMILES string of the molecule is COC(=O)[C@@H](Cc1ccc(NC(=O)[C@@H](NC(=O)OCC2c3ccccc3-c3ccccc32)C2CCC(F)(F)CC2)cc1)NC(=O)OC(C)(C)C. The number of halogens is 2. The molecule has 0 saturated heterocycles. The number of ether oxygens (including phenoxy) is 3. The molecule has 1 saturated carbocycles. The van der Waals surface area contributed by atoms with Crippen LogP contribution in [-0.4, -0.2) is 61.4 Å². The number of esters is 1. The lowest BCUT2D eigenvalue weighted by Crippen LogP contribution is -2.50. The number of nitrogens with one attached hydrogen (secondary N) is 3. The van der Waals surface area contributed by atoms with Gasteiger partial charge in [-0.25, -0.2) is 23.2 Å². The summed E-state index contributed by atoms with van der Waals surface area (Å²) in [5, 5.41) is 7.98. The largest absolute Gasteiger partial charge is 0.467 e. The molecule has 0 heterocycles. The Morgan fingerprint density at radius 2 is 1.42 bits per heavy atom. The summed E-state index contributed by atoms with van der Waals surface area (Å²) in [6, 6.07) is 20.2. The van der Waals surface area contributed by atoms with Crippen LogP contribution in [0, 0.1) is 5.92 Å². The van der Waals surface area contributed by atoms with Gasteiger partial charge in [0.05, 0.1) is 7.11 Å². The summed E-state index contributed by atoms with van der Waals surface area (Å²) in [7, 11) is 1.21. The van der Waals surface area contributed by atoms with Crippen molar-refractivity contribution >= 4 is 29.8 Å². The van der Waals surface area contributed by atoms with Crippen molar-refractivity contribution in [3.63, 3.8) is 0 Å². The number of anilines is 1. The minimum absolute atomic E-state index is 0.0355. The molecule has 0 bridgehead atoms. The molecule has 3 aromatic rings. The molecule has 0 radical (unpaired) electrons. The first-order chi connectivity index (χ1) is 23.7. The van der Waals surface area contributed by atoms with E-state index in [-0.39, 0.29) is 44.6 Å². The third-order valence-electron chi connectivity index (χ3n) is 8.97. The van der Waals surface area contributed by atoms with Gasteiger partial charge in [-0.15, -0.1) is 0 Å². The van der Waals surface area contributed by atoms with Crippen molar-refractivity contribution in [2.75, 3.05) is 19.0 Å². The molecule has 12 heteroatoms. The fraction of sp³-hybridized carbons (Fsp3) is 0.421. The zero-order valence-corrected chi connectivity index (χ0v) is 28.6. The fourth-order valence-electron chi connectivity index (χ4n) is 6.53. The number of rotatable bonds is 10. The maximum Gasteiger partial charge on any atom is 0.408 e. The van der Waals surface area contributed by atoms with Crippen LogP contribution in [0.2, 0.25) is 0 Å². The Hall–Kier alpha value is -5.00. The number of fused-ring (bicyclic) bond motifs is 3. The van der Waals surface area contributed by atoms with E-state index in [0.717, 1.165) is 22.3 Å². The number of hydrogen-bond acceptors (Lipinski definition) is 7. The van der Waals surface area contributed by atoms with Gasteiger partial charge in [-0.2, -0.15) is 0 Å². The average Bonchev–Trinajstić information content (AvgIpc) is 3.39. The van der Waals surface area contributed by atoms with Gasteiger partial charge in [0.25, 0.3) is 0 Å². The molecule has 5 rings (SSSR count). The molecule has 3 aromatic carbocycles. The molecular weight excluding hydrogens is 648 g/mol. The number of hydrogen-bond donors (Lipinski definition) is 3. The lowest BCUT2D eigenvalue weighted by Gasteiger charge is -2.33. The summed E-state index contributed by atoms with van der Waals surface area (Å²) in [5.74, 6) is -4.77. The van der Waals surface area contributed by atoms with Crippen molar-refractivity contribution in [1.29, 1.82) is 0 Å². The highest BCUT2D eigenvalue weighted by Gasteiger charge is 2.41. The van der Waals surface area contributed by atoms with E-state index in [4.69, 9.17) is 14.2 Å². The molecule has 0 unspecified atom stereocenters. The molecule has 2 aliphatic rings. The Morgan fingerprint density at radius 1 is 0.840 bits per heavy atom. The molecule has 2 aliphatic carbocycles. The fourth-order valence-corrected chi connectivity index (χ4v) is 6.53. The van der Waals surface area contributed by atoms with E-state index in [1.807, 2.05) is 48.5 Å². The van der Waals surface area contributed by atoms with Gasteiger partial charge >= 0.3 is 18.2 Å². The van der Waals surface area contributed by atoms with Crippen molar-refractivity contribution in [3.8, 4) is 11.1 Å². The first-order valence-corrected chi connectivity index (χ1v) is 16.7. The topological polar surface area (TPSA) is 132 Å². The molecule has 3 N–H and O–H groups in total. The van der Waals surface area contributed by atoms with E-state index >= 15 is 0 Å². The summed E-state index contributed by atoms with van der Waals surface area (Å²) in [5.41, 5.74) is 4.49. The lowest BCUT2D eigenvalue weighted by molar-refractivity contribution is -0.143. The van der Waals surface area contributed by atoms with Crippen molar-refractivity contribution in [2.24, 2.45) is 5.92 Å². The Morgan fingerprint density at radius 3 is 1.98 bits per heavy atom. The van der Waals surface area contributed by atoms with E-state index in [1.165, 1.54) is 7.11 Å². The average molecular weight is 692 g/mol. The van der Waals surface area contributed by atoms with E-state index in [1.54, 1.807) is 45.0 Å². The van der Waals surface area contributed by atoms with Crippen molar-refractivity contribution in [1.82, 2.24) is 10.6 Å². The minimum atomic E-state index is -2.82. The van der Waals surface area contributed by atoms with Crippen LogP contribution < -0.4 is 16.0 Å². The molecule has 2 atom stereocenters. The first kappa shape index (κ1) is 36.3. The number of alkyl halides is 2. The number of methoxy groups -OCH3 is 1. The molecule has 0 aliphatic heterocycles. The summed E-state index contributed by atoms with van der Waals surface area (Å²) in [6.45, 7) is 5.14. The second-order valence-corrected chi connectivity index (χ2v) is 13.8. The maximum atomic E-state index is 14.1. The summed E-state index contributed by atoms with van der Waals surface area (Å²) < 4.78 is 43.9. The van der Waals surface area contributed by atoms with Crippen LogP contribution in [0.5, 0.6) is 0 Å². The Labute approximate surface area is 290 Å². The zero-order chi connectivity index (χ0) is 36.1. The van der Waals surface area contributed by atoms with Gasteiger partial charge in [0, 0.05) is 30.9 Å². The molecule has 3 amide bonds. The smallest absolute Gasteiger partial charge is 0.408 e. The molecule has 50 heavy (non-hydrogen) atoms. The van der Waals surface area contributed by atoms with E-state index in [0.29, 0.717) is 11.3 Å². The monoisotopic (exact) mass is 691 g/mol. The highest BCUT2D eigenvalue weighted by atomic mass is 19.3. The van der Waals surface area contributed by atoms with Crippen molar-refractivity contribution < 1.29 is 42.2 Å². The third kappa shape index (κ3) is 9.16. The molecular formula is C38H43F2N3O7. The Kier molecular flexibility index (Phi) is 11.1. The minimum Gasteiger partial charge on any atom is -0.467 e. The molecule has 10 nitrogen and oxygen atoms in total. The quantitative estimate of drug-likeness (QED) is 0.155. The van der Waals surface area contributed by atoms with Crippen LogP contribution in [-0.2, 0) is 30.2 Å². The molecule has 0 aromatic heterocycles. The van der Waals surface area contributed by atoms with Crippen LogP contribution in [0.4, 0.5) is 24.1 Å². The van der Waals surface area contributed by atoms with Gasteiger partial charge in [-0.3, -0.25) is 4.79 Å². The Balaban J connectivity index is 1.24. The van der Waals surface area contributed by atoms with Crippen LogP contribution in [0.1, 0.15) is 69.1 Å². The van der Waals surface area contributed by atoms with Gasteiger partial charge in [-0.05, 0) is 79.5 Å². The summed E-state index contributed by atoms with van der Waals surface area (Å²) in [6.07, 6.45) is -2.18. The zero-order valence-electron chi connectivity index (χ0n) is 28.6. The lowest BCUT2D eigenvalue weighted by atomic mass is 9.81. The molecule has 0 spiro atoms. The van der Waals surface area contributed by atoms with Gasteiger partial charge in [0.15, 0.2) is 0 Å². The van der Waals surface area contributed by atoms with Gasteiger partial charge in [0.1, 0.15) is 24.3 Å². The number of amides is 3. The van der Waals surface area contributed by atoms with Crippen LogP contribution in [0.3, 0.4) is 0 Å².